The number of methoxy groups -OCH3 is 1. The Bertz CT molecular complexity index is 948. The number of aromatic hydroxyl groups is 1. The number of pyridine rings is 1. The van der Waals surface area contributed by atoms with Gasteiger partial charge in [0.15, 0.2) is 11.5 Å². The van der Waals surface area contributed by atoms with Crippen LogP contribution < -0.4 is 14.8 Å². The average molecular weight is 385 g/mol. The van der Waals surface area contributed by atoms with E-state index in [2.05, 4.69) is 10.3 Å². The highest BCUT2D eigenvalue weighted by molar-refractivity contribution is 6.31. The molecule has 0 spiro atoms. The monoisotopic (exact) mass is 384 g/mol. The van der Waals surface area contributed by atoms with Gasteiger partial charge in [-0.05, 0) is 36.4 Å². The predicted molar refractivity (Wildman–Crippen MR) is 103 cm³/mol. The molecule has 3 rings (SSSR count). The third-order valence-corrected chi connectivity index (χ3v) is 3.98. The van der Waals surface area contributed by atoms with Gasteiger partial charge in [0.1, 0.15) is 12.4 Å². The third-order valence-electron chi connectivity index (χ3n) is 3.74. The molecule has 7 heteroatoms. The number of phenolic OH excluding ortho intramolecular Hbond substituents is 1. The van der Waals surface area contributed by atoms with Gasteiger partial charge in [-0.25, -0.2) is 0 Å². The average Bonchev–Trinajstić information content (AvgIpc) is 2.69. The summed E-state index contributed by atoms with van der Waals surface area (Å²) in [5.74, 6) is 0.355. The van der Waals surface area contributed by atoms with Crippen LogP contribution in [-0.4, -0.2) is 23.1 Å². The molecule has 0 saturated carbocycles. The van der Waals surface area contributed by atoms with Gasteiger partial charge in [-0.2, -0.15) is 0 Å². The van der Waals surface area contributed by atoms with E-state index in [-0.39, 0.29) is 11.3 Å². The van der Waals surface area contributed by atoms with Crippen LogP contribution in [0.2, 0.25) is 5.02 Å². The Labute approximate surface area is 161 Å². The van der Waals surface area contributed by atoms with Crippen molar-refractivity contribution in [3.63, 3.8) is 0 Å². The van der Waals surface area contributed by atoms with E-state index in [1.54, 1.807) is 30.6 Å². The van der Waals surface area contributed by atoms with Crippen LogP contribution in [0.1, 0.15) is 15.9 Å². The normalized spacial score (nSPS) is 10.3. The first kappa shape index (κ1) is 18.5. The molecule has 0 radical (unpaired) electrons. The minimum Gasteiger partial charge on any atom is -0.507 e. The molecule has 138 valence electrons. The number of phenols is 1. The molecule has 1 amide bonds. The van der Waals surface area contributed by atoms with Crippen molar-refractivity contribution in [2.45, 2.75) is 6.61 Å². The molecule has 1 heterocycles. The number of amides is 1. The molecule has 2 aromatic carbocycles. The summed E-state index contributed by atoms with van der Waals surface area (Å²) < 4.78 is 11.1. The van der Waals surface area contributed by atoms with Crippen LogP contribution in [0.15, 0.2) is 60.9 Å². The molecule has 0 aliphatic heterocycles. The number of carbonyl (C=O) groups excluding carboxylic acids is 1. The molecule has 0 unspecified atom stereocenters. The van der Waals surface area contributed by atoms with Gasteiger partial charge in [-0.3, -0.25) is 9.78 Å². The van der Waals surface area contributed by atoms with E-state index in [0.29, 0.717) is 28.8 Å². The second kappa shape index (κ2) is 8.42. The molecule has 6 nitrogen and oxygen atoms in total. The van der Waals surface area contributed by atoms with Gasteiger partial charge in [-0.1, -0.05) is 17.7 Å². The summed E-state index contributed by atoms with van der Waals surface area (Å²) in [6.45, 7) is 0.302. The third kappa shape index (κ3) is 4.68. The highest BCUT2D eigenvalue weighted by Gasteiger charge is 2.14. The molecule has 0 atom stereocenters. The Morgan fingerprint density at radius 1 is 1.19 bits per heavy atom. The van der Waals surface area contributed by atoms with E-state index in [1.165, 1.54) is 25.3 Å². The summed E-state index contributed by atoms with van der Waals surface area (Å²) in [5.41, 5.74) is 1.47. The van der Waals surface area contributed by atoms with Crippen LogP contribution in [0, 0.1) is 0 Å². The van der Waals surface area contributed by atoms with E-state index < -0.39 is 5.91 Å². The largest absolute Gasteiger partial charge is 0.507 e. The van der Waals surface area contributed by atoms with Gasteiger partial charge in [-0.15, -0.1) is 0 Å². The standard InChI is InChI=1S/C20H17ClN2O4/c1-26-18-7-5-15(10-19(18)27-12-13-3-2-8-22-11-13)23-20(25)16-9-14(21)4-6-17(16)24/h2-11,24H,12H2,1H3,(H,23,25). The van der Waals surface area contributed by atoms with Crippen LogP contribution in [0.25, 0.3) is 0 Å². The maximum atomic E-state index is 12.4. The lowest BCUT2D eigenvalue weighted by molar-refractivity contribution is 0.102. The molecule has 27 heavy (non-hydrogen) atoms. The number of hydrogen-bond donors (Lipinski definition) is 2. The zero-order valence-corrected chi connectivity index (χ0v) is 15.2. The number of nitrogens with zero attached hydrogens (tertiary/aromatic N) is 1. The minimum atomic E-state index is -0.488. The van der Waals surface area contributed by atoms with E-state index in [4.69, 9.17) is 21.1 Å². The lowest BCUT2D eigenvalue weighted by Gasteiger charge is -2.13. The second-order valence-corrected chi connectivity index (χ2v) is 6.07. The number of ether oxygens (including phenoxy) is 2. The topological polar surface area (TPSA) is 80.7 Å². The minimum absolute atomic E-state index is 0.0798. The number of carbonyl (C=O) groups is 1. The van der Waals surface area contributed by atoms with Crippen LogP contribution in [0.3, 0.4) is 0 Å². The molecule has 0 bridgehead atoms. The molecular formula is C20H17ClN2O4. The fraction of sp³-hybridized carbons (Fsp3) is 0.100. The molecule has 2 N–H and O–H groups in total. The summed E-state index contributed by atoms with van der Waals surface area (Å²) in [6.07, 6.45) is 3.39. The lowest BCUT2D eigenvalue weighted by Crippen LogP contribution is -2.12. The number of hydrogen-bond acceptors (Lipinski definition) is 5. The Kier molecular flexibility index (Phi) is 5.78. The van der Waals surface area contributed by atoms with Gasteiger partial charge < -0.3 is 19.9 Å². The Morgan fingerprint density at radius 3 is 2.78 bits per heavy atom. The van der Waals surface area contributed by atoms with Crippen LogP contribution >= 0.6 is 11.6 Å². The van der Waals surface area contributed by atoms with Crippen molar-refractivity contribution in [3.05, 3.63) is 77.1 Å². The van der Waals surface area contributed by atoms with Crippen molar-refractivity contribution in [3.8, 4) is 17.2 Å². The first-order chi connectivity index (χ1) is 13.1. The molecule has 0 aliphatic rings. The quantitative estimate of drug-likeness (QED) is 0.663. The van der Waals surface area contributed by atoms with Crippen molar-refractivity contribution < 1.29 is 19.4 Å². The smallest absolute Gasteiger partial charge is 0.259 e. The van der Waals surface area contributed by atoms with Crippen LogP contribution in [0.4, 0.5) is 5.69 Å². The fourth-order valence-corrected chi connectivity index (χ4v) is 2.57. The lowest BCUT2D eigenvalue weighted by atomic mass is 10.2. The zero-order valence-electron chi connectivity index (χ0n) is 14.5. The van der Waals surface area contributed by atoms with E-state index in [0.717, 1.165) is 5.56 Å². The maximum Gasteiger partial charge on any atom is 0.259 e. The van der Waals surface area contributed by atoms with E-state index >= 15 is 0 Å². The van der Waals surface area contributed by atoms with Gasteiger partial charge in [0.2, 0.25) is 0 Å². The summed E-state index contributed by atoms with van der Waals surface area (Å²) in [6, 6.07) is 13.0. The molecule has 1 aromatic heterocycles. The first-order valence-corrected chi connectivity index (χ1v) is 8.44. The number of nitrogens with one attached hydrogen (secondary N) is 1. The van der Waals surface area contributed by atoms with Crippen molar-refractivity contribution >= 4 is 23.2 Å². The second-order valence-electron chi connectivity index (χ2n) is 5.63. The van der Waals surface area contributed by atoms with E-state index in [1.807, 2.05) is 12.1 Å². The van der Waals surface area contributed by atoms with Gasteiger partial charge in [0.05, 0.1) is 12.7 Å². The fourth-order valence-electron chi connectivity index (χ4n) is 2.40. The Hall–Kier alpha value is -3.25. The van der Waals surface area contributed by atoms with Gasteiger partial charge in [0.25, 0.3) is 5.91 Å². The summed E-state index contributed by atoms with van der Waals surface area (Å²) in [4.78, 5) is 16.5. The predicted octanol–water partition coefficient (Wildman–Crippen LogP) is 4.28. The van der Waals surface area contributed by atoms with E-state index in [9.17, 15) is 9.90 Å². The molecule has 3 aromatic rings. The highest BCUT2D eigenvalue weighted by atomic mass is 35.5. The highest BCUT2D eigenvalue weighted by Crippen LogP contribution is 2.31. The first-order valence-electron chi connectivity index (χ1n) is 8.06. The van der Waals surface area contributed by atoms with Crippen molar-refractivity contribution in [1.82, 2.24) is 4.98 Å². The maximum absolute atomic E-state index is 12.4. The summed E-state index contributed by atoms with van der Waals surface area (Å²) in [7, 11) is 1.54. The molecule has 0 fully saturated rings. The zero-order chi connectivity index (χ0) is 19.2. The van der Waals surface area contributed by atoms with Crippen molar-refractivity contribution in [2.75, 3.05) is 12.4 Å². The van der Waals surface area contributed by atoms with Gasteiger partial charge in [0, 0.05) is 34.7 Å². The molecular weight excluding hydrogens is 368 g/mol. The molecule has 0 saturated heterocycles. The number of benzene rings is 2. The summed E-state index contributed by atoms with van der Waals surface area (Å²) in [5, 5.41) is 12.9. The van der Waals surface area contributed by atoms with Crippen LogP contribution in [0.5, 0.6) is 17.2 Å². The SMILES string of the molecule is COc1ccc(NC(=O)c2cc(Cl)ccc2O)cc1OCc1cccnc1. The Balaban J connectivity index is 1.78. The van der Waals surface area contributed by atoms with Crippen molar-refractivity contribution in [2.24, 2.45) is 0 Å². The number of rotatable bonds is 6. The number of anilines is 1. The van der Waals surface area contributed by atoms with Crippen molar-refractivity contribution in [1.29, 1.82) is 0 Å². The Morgan fingerprint density at radius 2 is 2.04 bits per heavy atom. The van der Waals surface area contributed by atoms with Gasteiger partial charge >= 0.3 is 0 Å². The summed E-state index contributed by atoms with van der Waals surface area (Å²) >= 11 is 5.90. The number of aromatic nitrogens is 1. The number of halogens is 1. The van der Waals surface area contributed by atoms with Crippen LogP contribution in [-0.2, 0) is 6.61 Å². The molecule has 0 aliphatic carbocycles.